The van der Waals surface area contributed by atoms with E-state index in [9.17, 15) is 8.42 Å². The molecule has 130 valence electrons. The Kier molecular flexibility index (Phi) is 5.08. The normalized spacial score (nSPS) is 19.5. The molecular weight excluding hydrogens is 370 g/mol. The second-order valence-corrected chi connectivity index (χ2v) is 9.35. The Labute approximate surface area is 150 Å². The van der Waals surface area contributed by atoms with Crippen LogP contribution in [0.1, 0.15) is 23.7 Å². The minimum absolute atomic E-state index is 0.0671. The minimum atomic E-state index is -2.94. The summed E-state index contributed by atoms with van der Waals surface area (Å²) in [5.41, 5.74) is 0.975. The first-order valence-corrected chi connectivity index (χ1v) is 10.6. The highest BCUT2D eigenvalue weighted by Crippen LogP contribution is 2.32. The van der Waals surface area contributed by atoms with Crippen molar-refractivity contribution in [1.82, 2.24) is 14.8 Å². The van der Waals surface area contributed by atoms with Gasteiger partial charge in [-0.1, -0.05) is 23.4 Å². The van der Waals surface area contributed by atoms with Gasteiger partial charge < -0.3 is 9.30 Å². The lowest BCUT2D eigenvalue weighted by Crippen LogP contribution is -2.09. The molecule has 24 heavy (non-hydrogen) atoms. The van der Waals surface area contributed by atoms with E-state index in [1.807, 2.05) is 23.7 Å². The van der Waals surface area contributed by atoms with Gasteiger partial charge in [0.2, 0.25) is 0 Å². The van der Waals surface area contributed by atoms with Gasteiger partial charge in [0.15, 0.2) is 15.0 Å². The van der Waals surface area contributed by atoms with Gasteiger partial charge in [-0.25, -0.2) is 8.42 Å². The van der Waals surface area contributed by atoms with Gasteiger partial charge in [0, 0.05) is 29.3 Å². The van der Waals surface area contributed by atoms with Crippen LogP contribution in [-0.4, -0.2) is 41.8 Å². The highest BCUT2D eigenvalue weighted by molar-refractivity contribution is 7.98. The first-order valence-electron chi connectivity index (χ1n) is 7.44. The lowest BCUT2D eigenvalue weighted by Gasteiger charge is -2.10. The maximum absolute atomic E-state index is 11.7. The number of methoxy groups -OCH3 is 1. The minimum Gasteiger partial charge on any atom is -0.496 e. The molecule has 3 rings (SSSR count). The lowest BCUT2D eigenvalue weighted by molar-refractivity contribution is 0.411. The molecule has 1 saturated heterocycles. The summed E-state index contributed by atoms with van der Waals surface area (Å²) in [5.74, 6) is 2.47. The van der Waals surface area contributed by atoms with Gasteiger partial charge in [-0.15, -0.1) is 10.2 Å². The number of halogens is 1. The van der Waals surface area contributed by atoms with E-state index in [0.717, 1.165) is 22.3 Å². The predicted octanol–water partition coefficient (Wildman–Crippen LogP) is 2.67. The third kappa shape index (κ3) is 3.70. The second kappa shape index (κ2) is 6.93. The molecule has 0 N–H and O–H groups in total. The smallest absolute Gasteiger partial charge is 0.191 e. The van der Waals surface area contributed by atoms with Crippen molar-refractivity contribution in [3.8, 4) is 5.75 Å². The molecule has 0 radical (unpaired) electrons. The largest absolute Gasteiger partial charge is 0.496 e. The second-order valence-electron chi connectivity index (χ2n) is 5.74. The molecule has 2 aromatic rings. The average Bonchev–Trinajstić information content (AvgIpc) is 3.07. The fraction of sp³-hybridized carbons (Fsp3) is 0.467. The highest BCUT2D eigenvalue weighted by Gasteiger charge is 2.32. The van der Waals surface area contributed by atoms with E-state index in [2.05, 4.69) is 10.2 Å². The third-order valence-corrected chi connectivity index (χ3v) is 7.14. The van der Waals surface area contributed by atoms with Crippen LogP contribution < -0.4 is 4.74 Å². The molecule has 1 aliphatic rings. The molecule has 0 spiro atoms. The van der Waals surface area contributed by atoms with Crippen LogP contribution >= 0.6 is 23.4 Å². The van der Waals surface area contributed by atoms with Gasteiger partial charge in [-0.3, -0.25) is 0 Å². The number of benzene rings is 1. The first-order chi connectivity index (χ1) is 11.4. The van der Waals surface area contributed by atoms with Crippen LogP contribution in [0.2, 0.25) is 5.02 Å². The molecule has 1 fully saturated rings. The van der Waals surface area contributed by atoms with Crippen molar-refractivity contribution in [2.45, 2.75) is 23.2 Å². The fourth-order valence-corrected chi connectivity index (χ4v) is 5.64. The molecule has 1 atom stereocenters. The van der Waals surface area contributed by atoms with E-state index in [1.54, 1.807) is 13.2 Å². The van der Waals surface area contributed by atoms with Crippen molar-refractivity contribution in [2.24, 2.45) is 7.05 Å². The van der Waals surface area contributed by atoms with Crippen molar-refractivity contribution < 1.29 is 13.2 Å². The summed E-state index contributed by atoms with van der Waals surface area (Å²) in [6, 6.07) is 5.49. The molecule has 2 heterocycles. The number of aromatic nitrogens is 3. The van der Waals surface area contributed by atoms with E-state index in [0.29, 0.717) is 17.2 Å². The van der Waals surface area contributed by atoms with Crippen molar-refractivity contribution >= 4 is 33.2 Å². The number of rotatable bonds is 5. The lowest BCUT2D eigenvalue weighted by atomic mass is 10.1. The summed E-state index contributed by atoms with van der Waals surface area (Å²) in [6.45, 7) is 0. The van der Waals surface area contributed by atoms with Gasteiger partial charge in [-0.05, 0) is 24.6 Å². The monoisotopic (exact) mass is 387 g/mol. The third-order valence-electron chi connectivity index (χ3n) is 4.07. The summed E-state index contributed by atoms with van der Waals surface area (Å²) in [7, 11) is 0.557. The van der Waals surface area contributed by atoms with Gasteiger partial charge in [0.05, 0.1) is 18.6 Å². The Bertz CT molecular complexity index is 852. The van der Waals surface area contributed by atoms with Gasteiger partial charge in [0.25, 0.3) is 0 Å². The number of sulfone groups is 1. The van der Waals surface area contributed by atoms with E-state index < -0.39 is 9.84 Å². The number of thioether (sulfide) groups is 1. The molecule has 0 aliphatic carbocycles. The number of ether oxygens (including phenoxy) is 1. The van der Waals surface area contributed by atoms with Crippen molar-refractivity contribution in [2.75, 3.05) is 18.6 Å². The van der Waals surface area contributed by atoms with Gasteiger partial charge in [0.1, 0.15) is 11.6 Å². The summed E-state index contributed by atoms with van der Waals surface area (Å²) in [6.07, 6.45) is 0.612. The average molecular weight is 388 g/mol. The Morgan fingerprint density at radius 2 is 2.21 bits per heavy atom. The maximum atomic E-state index is 11.7. The zero-order valence-electron chi connectivity index (χ0n) is 13.4. The van der Waals surface area contributed by atoms with Gasteiger partial charge in [-0.2, -0.15) is 0 Å². The van der Waals surface area contributed by atoms with E-state index >= 15 is 0 Å². The summed E-state index contributed by atoms with van der Waals surface area (Å²) in [4.78, 5) is 0. The number of nitrogens with zero attached hydrogens (tertiary/aromatic N) is 3. The SMILES string of the molecule is COc1ccc(Cl)cc1CSc1nnc(C2CCS(=O)(=O)C2)n1C. The van der Waals surface area contributed by atoms with Crippen LogP contribution in [0.4, 0.5) is 0 Å². The molecule has 1 aromatic carbocycles. The molecule has 1 aliphatic heterocycles. The molecular formula is C15H18ClN3O3S2. The van der Waals surface area contributed by atoms with Crippen molar-refractivity contribution in [1.29, 1.82) is 0 Å². The van der Waals surface area contributed by atoms with Crippen LogP contribution in [0.15, 0.2) is 23.4 Å². The van der Waals surface area contributed by atoms with E-state index in [-0.39, 0.29) is 17.4 Å². The van der Waals surface area contributed by atoms with Crippen molar-refractivity contribution in [3.63, 3.8) is 0 Å². The maximum Gasteiger partial charge on any atom is 0.191 e. The molecule has 0 amide bonds. The molecule has 1 aromatic heterocycles. The summed E-state index contributed by atoms with van der Waals surface area (Å²) < 4.78 is 30.5. The Hall–Kier alpha value is -1.25. The molecule has 0 bridgehead atoms. The van der Waals surface area contributed by atoms with Crippen molar-refractivity contribution in [3.05, 3.63) is 34.6 Å². The zero-order valence-corrected chi connectivity index (χ0v) is 15.8. The standard InChI is InChI=1S/C15H18ClN3O3S2/c1-19-14(10-5-6-24(20,21)9-10)17-18-15(19)23-8-11-7-12(16)3-4-13(11)22-2/h3-4,7,10H,5-6,8-9H2,1-2H3. The molecule has 9 heteroatoms. The quantitative estimate of drug-likeness (QED) is 0.734. The van der Waals surface area contributed by atoms with E-state index in [4.69, 9.17) is 16.3 Å². The number of hydrogen-bond donors (Lipinski definition) is 0. The number of hydrogen-bond acceptors (Lipinski definition) is 6. The Morgan fingerprint density at radius 1 is 1.42 bits per heavy atom. The van der Waals surface area contributed by atoms with Crippen LogP contribution in [0, 0.1) is 0 Å². The Morgan fingerprint density at radius 3 is 2.88 bits per heavy atom. The molecule has 6 nitrogen and oxygen atoms in total. The Balaban J connectivity index is 1.75. The van der Waals surface area contributed by atoms with Crippen LogP contribution in [0.5, 0.6) is 5.75 Å². The highest BCUT2D eigenvalue weighted by atomic mass is 35.5. The topological polar surface area (TPSA) is 74.1 Å². The first kappa shape index (κ1) is 17.6. The van der Waals surface area contributed by atoms with E-state index in [1.165, 1.54) is 11.8 Å². The van der Waals surface area contributed by atoms with Crippen LogP contribution in [0.25, 0.3) is 0 Å². The molecule has 1 unspecified atom stereocenters. The summed E-state index contributed by atoms with van der Waals surface area (Å²) in [5, 5.41) is 9.81. The fourth-order valence-electron chi connectivity index (χ4n) is 2.81. The van der Waals surface area contributed by atoms with Crippen LogP contribution in [-0.2, 0) is 22.6 Å². The van der Waals surface area contributed by atoms with Gasteiger partial charge >= 0.3 is 0 Å². The predicted molar refractivity (Wildman–Crippen MR) is 94.6 cm³/mol. The van der Waals surface area contributed by atoms with Crippen LogP contribution in [0.3, 0.4) is 0 Å². The molecule has 0 saturated carbocycles. The zero-order chi connectivity index (χ0) is 17.3. The summed E-state index contributed by atoms with van der Waals surface area (Å²) >= 11 is 7.57.